The van der Waals surface area contributed by atoms with E-state index >= 15 is 0 Å². The monoisotopic (exact) mass is 923 g/mol. The predicted molar refractivity (Wildman–Crippen MR) is 251 cm³/mol. The molecule has 0 bridgehead atoms. The van der Waals surface area contributed by atoms with Crippen molar-refractivity contribution < 1.29 is 48.1 Å². The van der Waals surface area contributed by atoms with Crippen LogP contribution in [0, 0.1) is 23.7 Å². The molecule has 3 aliphatic rings. The lowest BCUT2D eigenvalue weighted by molar-refractivity contribution is -0.147. The summed E-state index contributed by atoms with van der Waals surface area (Å²) in [7, 11) is 6.81. The molecule has 1 saturated carbocycles. The number of aliphatic carboxylic acids is 1. The Morgan fingerprint density at radius 1 is 0.848 bits per heavy atom. The normalized spacial score (nSPS) is 22.7. The minimum Gasteiger partial charge on any atom is -0.479 e. The highest BCUT2D eigenvalue weighted by atomic mass is 16.5. The van der Waals surface area contributed by atoms with Gasteiger partial charge in [-0.05, 0) is 76.1 Å². The second-order valence-corrected chi connectivity index (χ2v) is 19.5. The van der Waals surface area contributed by atoms with Crippen LogP contribution in [0.1, 0.15) is 118 Å². The Labute approximate surface area is 392 Å². The zero-order chi connectivity index (χ0) is 49.0. The lowest BCUT2D eigenvalue weighted by Gasteiger charge is -2.43. The van der Waals surface area contributed by atoms with Crippen LogP contribution in [-0.2, 0) is 43.0 Å². The number of amides is 6. The minimum atomic E-state index is -1.41. The Kier molecular flexibility index (Phi) is 20.1. The van der Waals surface area contributed by atoms with Crippen LogP contribution >= 0.6 is 0 Å². The molecule has 3 N–H and O–H groups in total. The fourth-order valence-electron chi connectivity index (χ4n) is 10.5. The van der Waals surface area contributed by atoms with Crippen LogP contribution in [0.5, 0.6) is 0 Å². The van der Waals surface area contributed by atoms with Crippen LogP contribution in [0.4, 0.5) is 0 Å². The summed E-state index contributed by atoms with van der Waals surface area (Å²) >= 11 is 0. The second kappa shape index (κ2) is 24.5. The number of likely N-dealkylation sites (N-methyl/N-ethyl adjacent to an activating group) is 2. The molecule has 368 valence electrons. The first-order chi connectivity index (χ1) is 31.3. The Hall–Kier alpha value is -4.51. The predicted octanol–water partition coefficient (Wildman–Crippen LogP) is 4.62. The van der Waals surface area contributed by atoms with Gasteiger partial charge in [0.05, 0.1) is 42.7 Å². The highest BCUT2D eigenvalue weighted by molar-refractivity contribution is 6.12. The summed E-state index contributed by atoms with van der Waals surface area (Å²) in [6.45, 7) is 15.1. The van der Waals surface area contributed by atoms with E-state index in [1.807, 2.05) is 88.8 Å². The molecule has 1 saturated heterocycles. The number of rotatable bonds is 27. The second-order valence-electron chi connectivity index (χ2n) is 19.5. The number of imide groups is 2. The Bertz CT molecular complexity index is 1860. The molecule has 16 nitrogen and oxygen atoms in total. The lowest BCUT2D eigenvalue weighted by atomic mass is 9.87. The highest BCUT2D eigenvalue weighted by Gasteiger charge is 2.63. The van der Waals surface area contributed by atoms with Gasteiger partial charge in [-0.3, -0.25) is 48.8 Å². The summed E-state index contributed by atoms with van der Waals surface area (Å²) in [5, 5.41) is 15.8. The number of unbranched alkanes of at least 4 members (excludes halogenated alkanes) is 3. The van der Waals surface area contributed by atoms with Gasteiger partial charge in [0.25, 0.3) is 11.8 Å². The number of ether oxygens (including phenoxy) is 2. The fourth-order valence-corrected chi connectivity index (χ4v) is 10.5. The maximum Gasteiger partial charge on any atom is 0.330 e. The average molecular weight is 923 g/mol. The number of nitrogens with one attached hydrogen (secondary N) is 2. The van der Waals surface area contributed by atoms with Gasteiger partial charge in [0.2, 0.25) is 23.6 Å². The first-order valence-corrected chi connectivity index (χ1v) is 24.0. The number of hydrogen-bond acceptors (Lipinski definition) is 11. The van der Waals surface area contributed by atoms with E-state index in [0.717, 1.165) is 31.2 Å². The summed E-state index contributed by atoms with van der Waals surface area (Å²) in [5.41, 5.74) is -0.565. The van der Waals surface area contributed by atoms with Crippen LogP contribution in [0.25, 0.3) is 0 Å². The van der Waals surface area contributed by atoms with Gasteiger partial charge in [-0.1, -0.05) is 98.1 Å². The molecule has 10 atom stereocenters. The van der Waals surface area contributed by atoms with Crippen molar-refractivity contribution >= 4 is 41.4 Å². The molecule has 0 aromatic heterocycles. The highest BCUT2D eigenvalue weighted by Crippen LogP contribution is 2.52. The molecule has 4 rings (SSSR count). The third-order valence-corrected chi connectivity index (χ3v) is 14.3. The quantitative estimate of drug-likeness (QED) is 0.0821. The summed E-state index contributed by atoms with van der Waals surface area (Å²) < 4.78 is 12.1. The molecule has 0 spiro atoms. The number of carboxylic acids is 1. The zero-order valence-electron chi connectivity index (χ0n) is 41.3. The van der Waals surface area contributed by atoms with Crippen LogP contribution in [0.2, 0.25) is 0 Å². The Balaban J connectivity index is 1.40. The van der Waals surface area contributed by atoms with Crippen LogP contribution < -0.4 is 10.6 Å². The lowest BCUT2D eigenvalue weighted by Crippen LogP contribution is -2.60. The van der Waals surface area contributed by atoms with Crippen molar-refractivity contribution in [3.8, 4) is 0 Å². The van der Waals surface area contributed by atoms with Crippen molar-refractivity contribution in [2.45, 2.75) is 154 Å². The molecule has 0 radical (unpaired) electrons. The molecule has 2 aliphatic heterocycles. The van der Waals surface area contributed by atoms with Gasteiger partial charge >= 0.3 is 5.97 Å². The summed E-state index contributed by atoms with van der Waals surface area (Å²) in [5.74, 6) is -4.51. The average Bonchev–Trinajstić information content (AvgIpc) is 3.64. The molecule has 1 aliphatic carbocycles. The van der Waals surface area contributed by atoms with Gasteiger partial charge in [0, 0.05) is 51.4 Å². The number of carbonyl (C=O) groups excluding carboxylic acids is 6. The zero-order valence-corrected chi connectivity index (χ0v) is 41.3. The number of carbonyl (C=O) groups is 7. The van der Waals surface area contributed by atoms with Crippen molar-refractivity contribution in [2.75, 3.05) is 47.9 Å². The minimum absolute atomic E-state index is 0.00152. The van der Waals surface area contributed by atoms with Gasteiger partial charge in [0.1, 0.15) is 5.54 Å². The van der Waals surface area contributed by atoms with Gasteiger partial charge in [-0.25, -0.2) is 4.79 Å². The number of carboxylic acid groups (broad SMARTS) is 1. The van der Waals surface area contributed by atoms with Crippen molar-refractivity contribution in [2.24, 2.45) is 23.7 Å². The Morgan fingerprint density at radius 2 is 1.45 bits per heavy atom. The number of methoxy groups -OCH3 is 2. The fraction of sp³-hybridized carbons (Fsp3) is 0.700. The van der Waals surface area contributed by atoms with Gasteiger partial charge < -0.3 is 24.8 Å². The van der Waals surface area contributed by atoms with Crippen molar-refractivity contribution in [3.05, 3.63) is 48.0 Å². The topological polar surface area (TPSA) is 195 Å². The van der Waals surface area contributed by atoms with Crippen molar-refractivity contribution in [1.82, 2.24) is 30.2 Å². The molecule has 16 heteroatoms. The van der Waals surface area contributed by atoms with Crippen LogP contribution in [0.15, 0.2) is 42.5 Å². The molecule has 2 fully saturated rings. The van der Waals surface area contributed by atoms with E-state index in [-0.39, 0.29) is 60.1 Å². The SMILES string of the molecule is CC[C@H](C)[C@@H]([C@@H](CC(=O)N1CCC[C@H]1[C@H](OC)[C@@H](C)C(=O)N[C@@]1(C(=O)O)C[C@@H]1c1ccccc1)OC)N(C)[C@H](C(=O)NC(=O)[C@H](C(C)C)N(C)CCCCCCN1C(=O)C=CC1=O)C(C)C. The van der Waals surface area contributed by atoms with E-state index in [9.17, 15) is 38.7 Å². The molecule has 1 aromatic rings. The van der Waals surface area contributed by atoms with Crippen LogP contribution in [0.3, 0.4) is 0 Å². The van der Waals surface area contributed by atoms with Gasteiger partial charge in [-0.2, -0.15) is 0 Å². The van der Waals surface area contributed by atoms with Gasteiger partial charge in [-0.15, -0.1) is 0 Å². The molecule has 6 amide bonds. The van der Waals surface area contributed by atoms with Gasteiger partial charge in [0.15, 0.2) is 0 Å². The maximum absolute atomic E-state index is 14.4. The summed E-state index contributed by atoms with van der Waals surface area (Å²) in [6.07, 6.45) is 6.74. The largest absolute Gasteiger partial charge is 0.479 e. The summed E-state index contributed by atoms with van der Waals surface area (Å²) in [6, 6.07) is 7.15. The Morgan fingerprint density at radius 3 is 2.02 bits per heavy atom. The third-order valence-electron chi connectivity index (χ3n) is 14.3. The number of hydrogen-bond donors (Lipinski definition) is 3. The molecule has 0 unspecified atom stereocenters. The van der Waals surface area contributed by atoms with E-state index in [2.05, 4.69) is 17.6 Å². The van der Waals surface area contributed by atoms with Crippen molar-refractivity contribution in [1.29, 1.82) is 0 Å². The smallest absolute Gasteiger partial charge is 0.330 e. The number of likely N-dealkylation sites (tertiary alicyclic amines) is 1. The number of nitrogens with zero attached hydrogens (tertiary/aromatic N) is 4. The molecule has 1 aromatic carbocycles. The van der Waals surface area contributed by atoms with E-state index in [0.29, 0.717) is 38.9 Å². The molecular weight excluding hydrogens is 845 g/mol. The van der Waals surface area contributed by atoms with E-state index in [1.54, 1.807) is 18.9 Å². The van der Waals surface area contributed by atoms with E-state index in [4.69, 9.17) is 9.47 Å². The first kappa shape index (κ1) is 54.1. The first-order valence-electron chi connectivity index (χ1n) is 24.0. The molecule has 2 heterocycles. The maximum atomic E-state index is 14.4. The van der Waals surface area contributed by atoms with Crippen molar-refractivity contribution in [3.63, 3.8) is 0 Å². The summed E-state index contributed by atoms with van der Waals surface area (Å²) in [4.78, 5) is 99.6. The number of benzene rings is 1. The standard InChI is InChI=1S/C50H78N6O10/c1-12-33(6)44(54(9)43(32(4)5)48(62)51-47(61)42(31(2)3)53(8)26-18-13-14-19-27-56-39(57)24-25-40(56)58)38(65-10)29-41(59)55-28-20-23-37(55)45(66-11)34(7)46(60)52-50(49(63)64)30-36(50)35-21-16-15-17-22-35/h15-17,21-22,24-25,31-34,36-38,42-45H,12-14,18-20,23,26-30H2,1-11H3,(H,52,60)(H,63,64)(H,51,61,62)/t33-,34+,36+,37-,38+,42-,43-,44-,45+,50-/m0/s1. The van der Waals surface area contributed by atoms with Crippen LogP contribution in [-0.4, -0.2) is 156 Å². The van der Waals surface area contributed by atoms with E-state index < -0.39 is 65.6 Å². The van der Waals surface area contributed by atoms with E-state index in [1.165, 1.54) is 24.2 Å². The molecular formula is C50H78N6O10. The third kappa shape index (κ3) is 12.9. The molecule has 66 heavy (non-hydrogen) atoms.